The molecule has 1 aromatic carbocycles. The fraction of sp³-hybridized carbons (Fsp3) is 0.545. The van der Waals surface area contributed by atoms with E-state index in [1.165, 1.54) is 6.07 Å². The van der Waals surface area contributed by atoms with Crippen LogP contribution in [0.5, 0.6) is 0 Å². The minimum atomic E-state index is -0.210. The molecule has 0 spiro atoms. The maximum atomic E-state index is 13.7. The lowest BCUT2D eigenvalue weighted by Crippen LogP contribution is -2.49. The molecule has 1 fully saturated rings. The van der Waals surface area contributed by atoms with Crippen LogP contribution in [0.15, 0.2) is 48.0 Å². The lowest BCUT2D eigenvalue weighted by molar-refractivity contribution is 0.188. The Bertz CT molecular complexity index is 788. The summed E-state index contributed by atoms with van der Waals surface area (Å²) in [5.74, 6) is 1.30. The minimum absolute atomic E-state index is 0.0208. The average molecular weight is 401 g/mol. The third-order valence-corrected chi connectivity index (χ3v) is 5.73. The number of likely N-dealkylation sites (tertiary alicyclic amines) is 1. The van der Waals surface area contributed by atoms with Gasteiger partial charge in [0.05, 0.1) is 25.0 Å². The van der Waals surface area contributed by atoms with E-state index in [9.17, 15) is 4.39 Å². The van der Waals surface area contributed by atoms with Crippen LogP contribution in [0.4, 0.5) is 4.39 Å². The first-order valence-electron chi connectivity index (χ1n) is 10.4. The quantitative estimate of drug-likeness (QED) is 0.598. The van der Waals surface area contributed by atoms with Crippen molar-refractivity contribution in [1.82, 2.24) is 24.7 Å². The van der Waals surface area contributed by atoms with Crippen molar-refractivity contribution in [3.05, 3.63) is 54.4 Å². The molecule has 0 saturated carbocycles. The van der Waals surface area contributed by atoms with Crippen LogP contribution in [-0.4, -0.2) is 65.6 Å². The number of rotatable bonds is 6. The minimum Gasteiger partial charge on any atom is -0.357 e. The molecule has 2 aromatic rings. The molecule has 29 heavy (non-hydrogen) atoms. The lowest BCUT2D eigenvalue weighted by Gasteiger charge is -2.39. The summed E-state index contributed by atoms with van der Waals surface area (Å²) in [6.07, 6.45) is 6.89. The first-order valence-corrected chi connectivity index (χ1v) is 10.4. The first kappa shape index (κ1) is 21.3. The van der Waals surface area contributed by atoms with Gasteiger partial charge in [0, 0.05) is 32.0 Å². The van der Waals surface area contributed by atoms with Gasteiger partial charge in [-0.1, -0.05) is 19.1 Å². The number of hydrogen-bond acceptors (Lipinski definition) is 3. The van der Waals surface area contributed by atoms with E-state index >= 15 is 0 Å². The Hall–Kier alpha value is -2.41. The van der Waals surface area contributed by atoms with Gasteiger partial charge in [-0.25, -0.2) is 9.37 Å². The zero-order chi connectivity index (χ0) is 20.8. The van der Waals surface area contributed by atoms with Crippen LogP contribution < -0.4 is 5.32 Å². The van der Waals surface area contributed by atoms with Crippen molar-refractivity contribution in [3.8, 4) is 0 Å². The molecule has 0 amide bonds. The molecule has 0 bridgehead atoms. The van der Waals surface area contributed by atoms with Crippen LogP contribution in [0.1, 0.15) is 37.9 Å². The smallest absolute Gasteiger partial charge is 0.194 e. The number of guanidine groups is 1. The molecule has 3 unspecified atom stereocenters. The van der Waals surface area contributed by atoms with Gasteiger partial charge in [0.15, 0.2) is 5.96 Å². The highest BCUT2D eigenvalue weighted by Crippen LogP contribution is 2.27. The molecule has 3 atom stereocenters. The summed E-state index contributed by atoms with van der Waals surface area (Å²) in [6.45, 7) is 7.65. The summed E-state index contributed by atoms with van der Waals surface area (Å²) in [5.41, 5.74) is 0.943. The van der Waals surface area contributed by atoms with Gasteiger partial charge in [-0.05, 0) is 51.1 Å². The predicted octanol–water partition coefficient (Wildman–Crippen LogP) is 3.17. The maximum absolute atomic E-state index is 13.7. The van der Waals surface area contributed by atoms with Gasteiger partial charge >= 0.3 is 0 Å². The first-order chi connectivity index (χ1) is 14.0. The summed E-state index contributed by atoms with van der Waals surface area (Å²) < 4.78 is 15.9. The summed E-state index contributed by atoms with van der Waals surface area (Å²) in [4.78, 5) is 13.6. The molecule has 1 saturated heterocycles. The predicted molar refractivity (Wildman–Crippen MR) is 115 cm³/mol. The third kappa shape index (κ3) is 5.35. The number of aromatic nitrogens is 2. The van der Waals surface area contributed by atoms with Crippen molar-refractivity contribution in [2.24, 2.45) is 10.9 Å². The average Bonchev–Trinajstić information content (AvgIpc) is 3.22. The zero-order valence-electron chi connectivity index (χ0n) is 17.9. The maximum Gasteiger partial charge on any atom is 0.194 e. The molecule has 1 N–H and O–H groups in total. The molecule has 158 valence electrons. The van der Waals surface area contributed by atoms with E-state index in [4.69, 9.17) is 4.99 Å². The number of benzene rings is 1. The van der Waals surface area contributed by atoms with Crippen molar-refractivity contribution in [2.45, 2.75) is 32.4 Å². The van der Waals surface area contributed by atoms with Crippen LogP contribution in [0.25, 0.3) is 0 Å². The number of aliphatic imine (C=N–C) groups is 1. The van der Waals surface area contributed by atoms with Crippen LogP contribution in [0, 0.1) is 11.7 Å². The standard InChI is InChI=1S/C22H33FN6/c1-5-25-22(26-14-20(27(3)4)18-7-6-8-19(23)13-18)28-11-9-17(2)21(15-28)29-12-10-24-16-29/h6-8,10,12-13,16-17,20-21H,5,9,11,14-15H2,1-4H3,(H,25,26). The molecule has 0 radical (unpaired) electrons. The van der Waals surface area contributed by atoms with E-state index in [1.54, 1.807) is 12.1 Å². The number of imidazole rings is 1. The van der Waals surface area contributed by atoms with Crippen LogP contribution in [0.3, 0.4) is 0 Å². The second-order valence-electron chi connectivity index (χ2n) is 8.02. The highest BCUT2D eigenvalue weighted by Gasteiger charge is 2.29. The molecule has 7 heteroatoms. The zero-order valence-corrected chi connectivity index (χ0v) is 17.9. The van der Waals surface area contributed by atoms with Gasteiger partial charge in [0.2, 0.25) is 0 Å². The molecule has 3 rings (SSSR count). The third-order valence-electron chi connectivity index (χ3n) is 5.73. The molecule has 6 nitrogen and oxygen atoms in total. The second kappa shape index (κ2) is 9.87. The number of nitrogens with one attached hydrogen (secondary N) is 1. The summed E-state index contributed by atoms with van der Waals surface area (Å²) in [5, 5.41) is 3.45. The fourth-order valence-electron chi connectivity index (χ4n) is 3.97. The number of likely N-dealkylation sites (N-methyl/N-ethyl adjacent to an activating group) is 1. The van der Waals surface area contributed by atoms with E-state index in [0.29, 0.717) is 18.5 Å². The molecule has 2 heterocycles. The Morgan fingerprint density at radius 1 is 1.41 bits per heavy atom. The van der Waals surface area contributed by atoms with Crippen molar-refractivity contribution < 1.29 is 4.39 Å². The molecule has 0 aliphatic carbocycles. The molecule has 1 aliphatic rings. The van der Waals surface area contributed by atoms with Crippen LogP contribution in [0.2, 0.25) is 0 Å². The van der Waals surface area contributed by atoms with E-state index < -0.39 is 0 Å². The van der Waals surface area contributed by atoms with Crippen LogP contribution >= 0.6 is 0 Å². The number of nitrogens with zero attached hydrogens (tertiary/aromatic N) is 5. The van der Waals surface area contributed by atoms with Gasteiger partial charge in [-0.2, -0.15) is 0 Å². The van der Waals surface area contributed by atoms with E-state index in [2.05, 4.69) is 38.5 Å². The highest BCUT2D eigenvalue weighted by atomic mass is 19.1. The molecule has 1 aromatic heterocycles. The van der Waals surface area contributed by atoms with E-state index in [1.807, 2.05) is 38.9 Å². The Morgan fingerprint density at radius 3 is 2.90 bits per heavy atom. The lowest BCUT2D eigenvalue weighted by atomic mass is 9.93. The van der Waals surface area contributed by atoms with Crippen LogP contribution in [-0.2, 0) is 0 Å². The van der Waals surface area contributed by atoms with Crippen molar-refractivity contribution in [2.75, 3.05) is 40.3 Å². The number of piperidine rings is 1. The van der Waals surface area contributed by atoms with Gasteiger partial charge < -0.3 is 19.7 Å². The second-order valence-corrected chi connectivity index (χ2v) is 8.02. The van der Waals surface area contributed by atoms with Crippen molar-refractivity contribution >= 4 is 5.96 Å². The highest BCUT2D eigenvalue weighted by molar-refractivity contribution is 5.80. The monoisotopic (exact) mass is 400 g/mol. The summed E-state index contributed by atoms with van der Waals surface area (Å²) in [7, 11) is 4.02. The normalized spacial score (nSPS) is 21.4. The van der Waals surface area contributed by atoms with Gasteiger partial charge in [0.25, 0.3) is 0 Å². The Morgan fingerprint density at radius 2 is 2.24 bits per heavy atom. The van der Waals surface area contributed by atoms with Gasteiger partial charge in [-0.3, -0.25) is 4.99 Å². The SMILES string of the molecule is CCNC(=NCC(c1cccc(F)c1)N(C)C)N1CCC(C)C(n2ccnc2)C1. The Balaban J connectivity index is 1.78. The van der Waals surface area contributed by atoms with Gasteiger partial charge in [0.1, 0.15) is 5.82 Å². The fourth-order valence-corrected chi connectivity index (χ4v) is 3.97. The van der Waals surface area contributed by atoms with E-state index in [-0.39, 0.29) is 11.9 Å². The number of halogens is 1. The van der Waals surface area contributed by atoms with Crippen molar-refractivity contribution in [3.63, 3.8) is 0 Å². The molecular weight excluding hydrogens is 367 g/mol. The van der Waals surface area contributed by atoms with Crippen molar-refractivity contribution in [1.29, 1.82) is 0 Å². The largest absolute Gasteiger partial charge is 0.357 e. The Kier molecular flexibility index (Phi) is 7.25. The summed E-state index contributed by atoms with van der Waals surface area (Å²) in [6, 6.07) is 7.21. The number of hydrogen-bond donors (Lipinski definition) is 1. The summed E-state index contributed by atoms with van der Waals surface area (Å²) >= 11 is 0. The molecular formula is C22H33FN6. The topological polar surface area (TPSA) is 48.7 Å². The Labute approximate surface area is 173 Å². The van der Waals surface area contributed by atoms with E-state index in [0.717, 1.165) is 37.6 Å². The molecule has 1 aliphatic heterocycles. The van der Waals surface area contributed by atoms with Gasteiger partial charge in [-0.15, -0.1) is 0 Å².